The fourth-order valence-electron chi connectivity index (χ4n) is 4.89. The topological polar surface area (TPSA) is 90.7 Å². The van der Waals surface area contributed by atoms with E-state index in [1.807, 2.05) is 13.0 Å². The van der Waals surface area contributed by atoms with Gasteiger partial charge in [0.2, 0.25) is 0 Å². The molecule has 2 atom stereocenters. The summed E-state index contributed by atoms with van der Waals surface area (Å²) in [5.74, 6) is -0.879. The average molecular weight is 474 g/mol. The molecule has 0 aliphatic carbocycles. The van der Waals surface area contributed by atoms with Crippen LogP contribution in [-0.2, 0) is 32.9 Å². The van der Waals surface area contributed by atoms with Crippen LogP contribution in [0.5, 0.6) is 0 Å². The number of rotatable bonds is 4. The molecule has 34 heavy (non-hydrogen) atoms. The molecule has 2 aliphatic heterocycles. The van der Waals surface area contributed by atoms with Crippen LogP contribution in [0.4, 0.5) is 13.2 Å². The molecule has 178 valence electrons. The third-order valence-corrected chi connectivity index (χ3v) is 6.51. The van der Waals surface area contributed by atoms with Crippen LogP contribution in [0.15, 0.2) is 35.1 Å². The number of aliphatic hydroxyl groups is 1. The molecule has 0 saturated carbocycles. The largest absolute Gasteiger partial charge is 0.458 e. The first kappa shape index (κ1) is 22.5. The van der Waals surface area contributed by atoms with Gasteiger partial charge in [-0.1, -0.05) is 32.0 Å². The molecule has 0 amide bonds. The molecule has 1 aromatic carbocycles. The maximum Gasteiger partial charge on any atom is 0.411 e. The summed E-state index contributed by atoms with van der Waals surface area (Å²) in [5, 5.41) is 11.8. The fourth-order valence-corrected chi connectivity index (χ4v) is 4.89. The lowest BCUT2D eigenvalue weighted by Crippen LogP contribution is -2.44. The molecule has 2 aromatic heterocycles. The minimum absolute atomic E-state index is 0.00344. The molecule has 2 aliphatic rings. The summed E-state index contributed by atoms with van der Waals surface area (Å²) < 4.78 is 50.9. The first-order chi connectivity index (χ1) is 16.1. The lowest BCUT2D eigenvalue weighted by molar-refractivity contribution is -0.189. The molecule has 1 N–H and O–H groups in total. The van der Waals surface area contributed by atoms with Gasteiger partial charge in [-0.2, -0.15) is 13.2 Å². The zero-order chi connectivity index (χ0) is 24.4. The monoisotopic (exact) mass is 474 g/mol. The number of halogens is 3. The highest BCUT2D eigenvalue weighted by molar-refractivity contribution is 5.89. The number of alkyl halides is 3. The Morgan fingerprint density at radius 1 is 1.26 bits per heavy atom. The lowest BCUT2D eigenvalue weighted by atomic mass is 9.86. The minimum atomic E-state index is -4.62. The Hall–Kier alpha value is -3.24. The van der Waals surface area contributed by atoms with Gasteiger partial charge in [0.1, 0.15) is 13.2 Å². The van der Waals surface area contributed by atoms with E-state index in [1.165, 1.54) is 6.07 Å². The number of carbonyl (C=O) groups is 1. The van der Waals surface area contributed by atoms with Crippen molar-refractivity contribution in [3.05, 3.63) is 62.9 Å². The number of esters is 1. The number of carbonyl (C=O) groups excluding carboxylic acids is 1. The Morgan fingerprint density at radius 2 is 2.00 bits per heavy atom. The normalized spacial score (nSPS) is 21.2. The van der Waals surface area contributed by atoms with Crippen molar-refractivity contribution in [2.75, 3.05) is 6.61 Å². The minimum Gasteiger partial charge on any atom is -0.458 e. The van der Waals surface area contributed by atoms with Crippen LogP contribution in [0.1, 0.15) is 48.8 Å². The lowest BCUT2D eigenvalue weighted by Gasteiger charge is -2.32. The number of hydrogen-bond donors (Lipinski definition) is 1. The second-order valence-electron chi connectivity index (χ2n) is 8.39. The van der Waals surface area contributed by atoms with Gasteiger partial charge < -0.3 is 14.6 Å². The van der Waals surface area contributed by atoms with Crippen LogP contribution in [0.25, 0.3) is 22.3 Å². The number of aryl methyl sites for hydroxylation is 1. The second-order valence-corrected chi connectivity index (χ2v) is 8.39. The molecule has 0 radical (unpaired) electrons. The van der Waals surface area contributed by atoms with E-state index in [0.717, 1.165) is 9.95 Å². The first-order valence-corrected chi connectivity index (χ1v) is 10.9. The molecule has 1 unspecified atom stereocenters. The highest BCUT2D eigenvalue weighted by Crippen LogP contribution is 2.45. The molecule has 3 aromatic rings. The van der Waals surface area contributed by atoms with E-state index in [-0.39, 0.29) is 23.2 Å². The summed E-state index contributed by atoms with van der Waals surface area (Å²) in [6.45, 7) is 1.48. The van der Waals surface area contributed by atoms with E-state index in [9.17, 15) is 27.9 Å². The number of cyclic esters (lactones) is 1. The van der Waals surface area contributed by atoms with Gasteiger partial charge >= 0.3 is 12.1 Å². The van der Waals surface area contributed by atoms with Crippen LogP contribution >= 0.6 is 0 Å². The quantitative estimate of drug-likeness (QED) is 0.580. The molecule has 5 rings (SSSR count). The molecule has 10 heteroatoms. The summed E-state index contributed by atoms with van der Waals surface area (Å²) in [6.07, 6.45) is -5.58. The van der Waals surface area contributed by atoms with Gasteiger partial charge in [0, 0.05) is 16.5 Å². The zero-order valence-corrected chi connectivity index (χ0v) is 18.4. The maximum absolute atomic E-state index is 13.6. The number of ether oxygens (including phenoxy) is 2. The van der Waals surface area contributed by atoms with Crippen LogP contribution < -0.4 is 5.56 Å². The number of aromatic nitrogens is 2. The molecule has 0 bridgehead atoms. The number of hydrogen-bond acceptors (Lipinski definition) is 6. The van der Waals surface area contributed by atoms with E-state index in [2.05, 4.69) is 4.98 Å². The zero-order valence-electron chi connectivity index (χ0n) is 18.4. The second kappa shape index (κ2) is 7.64. The molecule has 0 spiro atoms. The Morgan fingerprint density at radius 3 is 2.68 bits per heavy atom. The standard InChI is InChI=1S/C24H21F3N2O5/c1-3-12-13-7-5-6-8-16(13)28-19-17-9-15-14(10-33-22(31)23(15,32)4-2)20(30)29(17)21(18(12)19)34-11-24(25,26)27/h5-9,21,32H,3-4,10-11H2,1-2H3/t21?,23-/m0/s1. The van der Waals surface area contributed by atoms with Crippen molar-refractivity contribution in [1.82, 2.24) is 9.55 Å². The molecule has 4 heterocycles. The molecular formula is C24H21F3N2O5. The van der Waals surface area contributed by atoms with Gasteiger partial charge in [0.05, 0.1) is 22.5 Å². The van der Waals surface area contributed by atoms with Crippen molar-refractivity contribution in [3.63, 3.8) is 0 Å². The van der Waals surface area contributed by atoms with E-state index >= 15 is 0 Å². The summed E-state index contributed by atoms with van der Waals surface area (Å²) in [7, 11) is 0. The van der Waals surface area contributed by atoms with Crippen LogP contribution in [-0.4, -0.2) is 33.4 Å². The molecule has 7 nitrogen and oxygen atoms in total. The summed E-state index contributed by atoms with van der Waals surface area (Å²) >= 11 is 0. The Labute approximate surface area is 191 Å². The third-order valence-electron chi connectivity index (χ3n) is 6.51. The van der Waals surface area contributed by atoms with Gasteiger partial charge in [-0.15, -0.1) is 0 Å². The number of para-hydroxylation sites is 1. The Bertz CT molecular complexity index is 1400. The molecule has 0 fully saturated rings. The van der Waals surface area contributed by atoms with Crippen molar-refractivity contribution in [2.45, 2.75) is 51.3 Å². The number of pyridine rings is 2. The Kier molecular flexibility index (Phi) is 5.07. The Balaban J connectivity index is 1.85. The SMILES string of the molecule is CCc1c2c(nc3ccccc13)-c1cc3c(c(=O)n1C2OCC(F)(F)F)COC(=O)[C@]3(O)CC. The highest BCUT2D eigenvalue weighted by atomic mass is 19.4. The fraction of sp³-hybridized carbons (Fsp3) is 0.375. The molecular weight excluding hydrogens is 453 g/mol. The smallest absolute Gasteiger partial charge is 0.411 e. The number of fused-ring (bicyclic) bond motifs is 5. The number of nitrogens with zero attached hydrogens (tertiary/aromatic N) is 2. The van der Waals surface area contributed by atoms with Crippen molar-refractivity contribution in [2.24, 2.45) is 0 Å². The van der Waals surface area contributed by atoms with E-state index in [4.69, 9.17) is 9.47 Å². The average Bonchev–Trinajstić information content (AvgIpc) is 3.12. The van der Waals surface area contributed by atoms with Gasteiger partial charge in [0.15, 0.2) is 11.8 Å². The van der Waals surface area contributed by atoms with Crippen molar-refractivity contribution in [1.29, 1.82) is 0 Å². The first-order valence-electron chi connectivity index (χ1n) is 10.9. The van der Waals surface area contributed by atoms with Crippen molar-refractivity contribution in [3.8, 4) is 11.4 Å². The van der Waals surface area contributed by atoms with Crippen LogP contribution in [0.2, 0.25) is 0 Å². The van der Waals surface area contributed by atoms with Crippen LogP contribution in [0, 0.1) is 0 Å². The van der Waals surface area contributed by atoms with Crippen LogP contribution in [0.3, 0.4) is 0 Å². The van der Waals surface area contributed by atoms with Crippen molar-refractivity contribution < 1.29 is 32.5 Å². The third kappa shape index (κ3) is 3.16. The summed E-state index contributed by atoms with van der Waals surface area (Å²) in [6, 6.07) is 8.65. The van der Waals surface area contributed by atoms with Gasteiger partial charge in [-0.3, -0.25) is 9.36 Å². The van der Waals surface area contributed by atoms with E-state index in [1.54, 1.807) is 25.1 Å². The molecule has 0 saturated heterocycles. The van der Waals surface area contributed by atoms with Gasteiger partial charge in [-0.05, 0) is 30.5 Å². The van der Waals surface area contributed by atoms with Gasteiger partial charge in [0.25, 0.3) is 5.56 Å². The summed E-state index contributed by atoms with van der Waals surface area (Å²) in [4.78, 5) is 30.6. The van der Waals surface area contributed by atoms with E-state index in [0.29, 0.717) is 28.8 Å². The van der Waals surface area contributed by atoms with E-state index < -0.39 is 42.7 Å². The van der Waals surface area contributed by atoms with Crippen molar-refractivity contribution >= 4 is 16.9 Å². The predicted octanol–water partition coefficient (Wildman–Crippen LogP) is 3.72. The maximum atomic E-state index is 13.6. The van der Waals surface area contributed by atoms with Gasteiger partial charge in [-0.25, -0.2) is 9.78 Å². The highest BCUT2D eigenvalue weighted by Gasteiger charge is 2.47. The summed E-state index contributed by atoms with van der Waals surface area (Å²) in [5.41, 5.74) is -0.476. The predicted molar refractivity (Wildman–Crippen MR) is 115 cm³/mol. The number of benzene rings is 1.